The van der Waals surface area contributed by atoms with Crippen LogP contribution in [0, 0.1) is 0 Å². The van der Waals surface area contributed by atoms with Crippen LogP contribution >= 0.6 is 0 Å². The van der Waals surface area contributed by atoms with Gasteiger partial charge in [-0.05, 0) is 57.8 Å². The second-order valence-corrected chi connectivity index (χ2v) is 8.38. The fourth-order valence-electron chi connectivity index (χ4n) is 5.80. The van der Waals surface area contributed by atoms with Crippen molar-refractivity contribution in [1.82, 2.24) is 4.57 Å². The van der Waals surface area contributed by atoms with Crippen molar-refractivity contribution in [1.29, 1.82) is 0 Å². The van der Waals surface area contributed by atoms with Gasteiger partial charge >= 0.3 is 0 Å². The van der Waals surface area contributed by atoms with Crippen molar-refractivity contribution in [2.24, 2.45) is 0 Å². The molecule has 1 aliphatic rings. The largest absolute Gasteiger partial charge is 0.340 e. The van der Waals surface area contributed by atoms with Gasteiger partial charge in [0.2, 0.25) is 0 Å². The zero-order chi connectivity index (χ0) is 19.8. The van der Waals surface area contributed by atoms with Gasteiger partial charge in [-0.25, -0.2) is 0 Å². The molecule has 1 aromatic heterocycles. The summed E-state index contributed by atoms with van der Waals surface area (Å²) in [5, 5.41) is 8.28. The van der Waals surface area contributed by atoms with Crippen LogP contribution in [-0.4, -0.2) is 4.57 Å². The normalized spacial score (nSPS) is 12.8. The summed E-state index contributed by atoms with van der Waals surface area (Å²) < 4.78 is 2.53. The van der Waals surface area contributed by atoms with Gasteiger partial charge in [0.15, 0.2) is 0 Å². The fourth-order valence-corrected chi connectivity index (χ4v) is 5.80. The first-order valence-electron chi connectivity index (χ1n) is 10.8. The van der Waals surface area contributed by atoms with Gasteiger partial charge in [0.05, 0.1) is 5.52 Å². The van der Waals surface area contributed by atoms with E-state index in [1.807, 2.05) is 0 Å². The van der Waals surface area contributed by atoms with E-state index in [4.69, 9.17) is 0 Å². The lowest BCUT2D eigenvalue weighted by Gasteiger charge is -2.12. The molecule has 30 heavy (non-hydrogen) atoms. The standard InChI is InChI=1S/C29H21N/c1-2-30-25-16-15-18-9-3-5-11-20(18)27(25)28-26-21-12-6-4-10-19(21)17-24(26)22-13-7-8-14-23(22)29(28)30/h3-16H,2,17H2,1H3. The van der Waals surface area contributed by atoms with E-state index in [-0.39, 0.29) is 0 Å². The monoisotopic (exact) mass is 383 g/mol. The Kier molecular flexibility index (Phi) is 3.10. The van der Waals surface area contributed by atoms with Gasteiger partial charge in [0.25, 0.3) is 0 Å². The third kappa shape index (κ3) is 1.88. The van der Waals surface area contributed by atoms with Crippen LogP contribution in [0.4, 0.5) is 0 Å². The summed E-state index contributed by atoms with van der Waals surface area (Å²) in [4.78, 5) is 0. The van der Waals surface area contributed by atoms with E-state index in [0.29, 0.717) is 0 Å². The molecular formula is C29H21N. The lowest BCUT2D eigenvalue weighted by molar-refractivity contribution is 0.830. The molecule has 0 fully saturated rings. The molecule has 0 bridgehead atoms. The maximum atomic E-state index is 2.53. The lowest BCUT2D eigenvalue weighted by atomic mass is 9.92. The molecule has 6 aromatic rings. The number of hydrogen-bond acceptors (Lipinski definition) is 0. The molecule has 7 rings (SSSR count). The molecule has 0 saturated carbocycles. The van der Waals surface area contributed by atoms with Crippen LogP contribution in [-0.2, 0) is 13.0 Å². The zero-order valence-electron chi connectivity index (χ0n) is 16.9. The van der Waals surface area contributed by atoms with Crippen molar-refractivity contribution in [2.75, 3.05) is 0 Å². The molecule has 0 amide bonds. The van der Waals surface area contributed by atoms with Crippen molar-refractivity contribution in [2.45, 2.75) is 19.9 Å². The van der Waals surface area contributed by atoms with Gasteiger partial charge in [0, 0.05) is 28.2 Å². The van der Waals surface area contributed by atoms with Gasteiger partial charge in [0.1, 0.15) is 0 Å². The molecule has 1 heterocycles. The van der Waals surface area contributed by atoms with E-state index in [2.05, 4.69) is 96.4 Å². The van der Waals surface area contributed by atoms with Crippen molar-refractivity contribution >= 4 is 43.4 Å². The van der Waals surface area contributed by atoms with Crippen LogP contribution in [0.3, 0.4) is 0 Å². The summed E-state index contributed by atoms with van der Waals surface area (Å²) in [6.07, 6.45) is 1.02. The summed E-state index contributed by atoms with van der Waals surface area (Å²) >= 11 is 0. The minimum atomic E-state index is 0.961. The summed E-state index contributed by atoms with van der Waals surface area (Å²) in [7, 11) is 0. The minimum Gasteiger partial charge on any atom is -0.340 e. The van der Waals surface area contributed by atoms with Gasteiger partial charge in [-0.1, -0.05) is 78.9 Å². The first kappa shape index (κ1) is 16.2. The highest BCUT2D eigenvalue weighted by molar-refractivity contribution is 6.30. The van der Waals surface area contributed by atoms with Crippen LogP contribution in [0.5, 0.6) is 0 Å². The third-order valence-corrected chi connectivity index (χ3v) is 6.98. The number of hydrogen-bond donors (Lipinski definition) is 0. The molecule has 5 aromatic carbocycles. The zero-order valence-corrected chi connectivity index (χ0v) is 16.9. The molecule has 1 nitrogen and oxygen atoms in total. The Bertz CT molecular complexity index is 1650. The van der Waals surface area contributed by atoms with Crippen molar-refractivity contribution in [3.05, 3.63) is 96.1 Å². The molecule has 0 saturated heterocycles. The van der Waals surface area contributed by atoms with Gasteiger partial charge in [-0.15, -0.1) is 0 Å². The SMILES string of the molecule is CCn1c2ccc3ccccc3c2c2c3c(c4ccccc4c21)Cc1ccccc1-3. The second-order valence-electron chi connectivity index (χ2n) is 8.38. The van der Waals surface area contributed by atoms with E-state index >= 15 is 0 Å². The van der Waals surface area contributed by atoms with E-state index in [9.17, 15) is 0 Å². The van der Waals surface area contributed by atoms with Crippen molar-refractivity contribution < 1.29 is 0 Å². The Labute approximate surface area is 175 Å². The minimum absolute atomic E-state index is 0.961. The molecule has 0 unspecified atom stereocenters. The third-order valence-electron chi connectivity index (χ3n) is 6.98. The Hall–Kier alpha value is -3.58. The van der Waals surface area contributed by atoms with Crippen LogP contribution in [0.1, 0.15) is 18.1 Å². The Morgan fingerprint density at radius 1 is 0.700 bits per heavy atom. The highest BCUT2D eigenvalue weighted by Crippen LogP contribution is 2.50. The molecule has 142 valence electrons. The number of rotatable bonds is 1. The summed E-state index contributed by atoms with van der Waals surface area (Å²) in [5.41, 5.74) is 8.52. The Morgan fingerprint density at radius 2 is 1.43 bits per heavy atom. The highest BCUT2D eigenvalue weighted by Gasteiger charge is 2.27. The predicted molar refractivity (Wildman–Crippen MR) is 128 cm³/mol. The summed E-state index contributed by atoms with van der Waals surface area (Å²) in [6, 6.07) is 31.4. The quantitative estimate of drug-likeness (QED) is 0.274. The van der Waals surface area contributed by atoms with Crippen molar-refractivity contribution in [3.63, 3.8) is 0 Å². The summed E-state index contributed by atoms with van der Waals surface area (Å²) in [5.74, 6) is 0. The second kappa shape index (κ2) is 5.73. The van der Waals surface area contributed by atoms with E-state index in [1.165, 1.54) is 65.6 Å². The summed E-state index contributed by atoms with van der Waals surface area (Å²) in [6.45, 7) is 3.23. The number of aromatic nitrogens is 1. The van der Waals surface area contributed by atoms with Crippen LogP contribution in [0.15, 0.2) is 84.9 Å². The van der Waals surface area contributed by atoms with E-state index in [0.717, 1.165) is 13.0 Å². The molecule has 1 aliphatic carbocycles. The van der Waals surface area contributed by atoms with E-state index in [1.54, 1.807) is 0 Å². The van der Waals surface area contributed by atoms with Crippen LogP contribution in [0.2, 0.25) is 0 Å². The number of nitrogens with zero attached hydrogens (tertiary/aromatic N) is 1. The van der Waals surface area contributed by atoms with Crippen LogP contribution in [0.25, 0.3) is 54.5 Å². The van der Waals surface area contributed by atoms with Crippen molar-refractivity contribution in [3.8, 4) is 11.1 Å². The average Bonchev–Trinajstić information content (AvgIpc) is 3.35. The maximum absolute atomic E-state index is 2.53. The molecule has 1 heteroatoms. The molecule has 0 atom stereocenters. The first-order valence-corrected chi connectivity index (χ1v) is 10.8. The van der Waals surface area contributed by atoms with Gasteiger partial charge < -0.3 is 4.57 Å². The Balaban J connectivity index is 1.87. The number of aryl methyl sites for hydroxylation is 1. The topological polar surface area (TPSA) is 4.93 Å². The highest BCUT2D eigenvalue weighted by atomic mass is 15.0. The lowest BCUT2D eigenvalue weighted by Crippen LogP contribution is -1.95. The number of fused-ring (bicyclic) bond motifs is 12. The molecular weight excluding hydrogens is 362 g/mol. The maximum Gasteiger partial charge on any atom is 0.0577 e. The molecule has 0 aliphatic heterocycles. The van der Waals surface area contributed by atoms with Gasteiger partial charge in [-0.3, -0.25) is 0 Å². The average molecular weight is 383 g/mol. The smallest absolute Gasteiger partial charge is 0.0577 e. The number of benzene rings is 5. The Morgan fingerprint density at radius 3 is 2.30 bits per heavy atom. The first-order chi connectivity index (χ1) is 14.9. The molecule has 0 N–H and O–H groups in total. The van der Waals surface area contributed by atoms with Gasteiger partial charge in [-0.2, -0.15) is 0 Å². The van der Waals surface area contributed by atoms with Crippen LogP contribution < -0.4 is 0 Å². The molecule has 0 spiro atoms. The predicted octanol–water partition coefficient (Wildman–Crippen LogP) is 7.69. The fraction of sp³-hybridized carbons (Fsp3) is 0.103. The van der Waals surface area contributed by atoms with E-state index < -0.39 is 0 Å². The molecule has 0 radical (unpaired) electrons.